The molecule has 9 heteroatoms. The van der Waals surface area contributed by atoms with E-state index in [1.165, 1.54) is 0 Å². The summed E-state index contributed by atoms with van der Waals surface area (Å²) in [6.07, 6.45) is -0.986. The number of carbonyl (C=O) groups excluding carboxylic acids is 2. The monoisotopic (exact) mass is 556 g/mol. The fraction of sp³-hybridized carbons (Fsp3) is 0.548. The van der Waals surface area contributed by atoms with Gasteiger partial charge in [-0.25, -0.2) is 0 Å². The van der Waals surface area contributed by atoms with Crippen molar-refractivity contribution in [1.82, 2.24) is 0 Å². The first-order valence-corrected chi connectivity index (χ1v) is 13.4. The molecular weight excluding hydrogens is 516 g/mol. The maximum atomic E-state index is 12.8. The van der Waals surface area contributed by atoms with Gasteiger partial charge in [-0.3, -0.25) is 9.59 Å². The molecule has 2 aliphatic heterocycles. The van der Waals surface area contributed by atoms with Crippen LogP contribution >= 0.6 is 0 Å². The molecule has 2 aromatic carbocycles. The van der Waals surface area contributed by atoms with Gasteiger partial charge in [0, 0.05) is 11.8 Å². The van der Waals surface area contributed by atoms with E-state index >= 15 is 0 Å². The highest BCUT2D eigenvalue weighted by molar-refractivity contribution is 5.75. The van der Waals surface area contributed by atoms with Gasteiger partial charge in [-0.05, 0) is 76.9 Å². The van der Waals surface area contributed by atoms with Crippen LogP contribution < -0.4 is 18.9 Å². The molecule has 0 radical (unpaired) electrons. The van der Waals surface area contributed by atoms with Gasteiger partial charge in [0.05, 0.1) is 50.5 Å². The SMILES string of the molecule is COc1ccc([C@@H]2O[C@@H](c3ccc4c(c3)OCO4)[C@@H](COC(=O)C(C)(C)C)[C@H]2COC(=O)C(C)(C)C)cc1OC. The number of hydrogen-bond donors (Lipinski definition) is 0. The van der Waals surface area contributed by atoms with Gasteiger partial charge in [0.1, 0.15) is 0 Å². The topological polar surface area (TPSA) is 98.8 Å². The van der Waals surface area contributed by atoms with Crippen LogP contribution in [-0.4, -0.2) is 46.2 Å². The zero-order valence-corrected chi connectivity index (χ0v) is 24.6. The summed E-state index contributed by atoms with van der Waals surface area (Å²) in [5, 5.41) is 0. The zero-order chi connectivity index (χ0) is 29.2. The maximum absolute atomic E-state index is 12.8. The molecule has 1 fully saturated rings. The number of methoxy groups -OCH3 is 2. The molecule has 0 aromatic heterocycles. The average molecular weight is 557 g/mol. The Balaban J connectivity index is 1.75. The van der Waals surface area contributed by atoms with Gasteiger partial charge in [-0.15, -0.1) is 0 Å². The third-order valence-electron chi connectivity index (χ3n) is 7.12. The Kier molecular flexibility index (Phi) is 8.54. The van der Waals surface area contributed by atoms with Crippen molar-refractivity contribution in [2.45, 2.75) is 53.8 Å². The van der Waals surface area contributed by atoms with Crippen LogP contribution in [0.3, 0.4) is 0 Å². The number of esters is 2. The summed E-state index contributed by atoms with van der Waals surface area (Å²) in [5.41, 5.74) is 0.314. The normalized spacial score (nSPS) is 22.1. The van der Waals surface area contributed by atoms with Crippen molar-refractivity contribution in [2.24, 2.45) is 22.7 Å². The van der Waals surface area contributed by atoms with E-state index in [-0.39, 0.29) is 43.8 Å². The van der Waals surface area contributed by atoms with Gasteiger partial charge >= 0.3 is 11.9 Å². The second-order valence-electron chi connectivity index (χ2n) is 12.2. The Bertz CT molecular complexity index is 1220. The lowest BCUT2D eigenvalue weighted by atomic mass is 9.83. The van der Waals surface area contributed by atoms with E-state index in [0.29, 0.717) is 23.0 Å². The quantitative estimate of drug-likeness (QED) is 0.382. The van der Waals surface area contributed by atoms with Crippen molar-refractivity contribution in [1.29, 1.82) is 0 Å². The van der Waals surface area contributed by atoms with Crippen molar-refractivity contribution in [3.8, 4) is 23.0 Å². The fourth-order valence-corrected chi connectivity index (χ4v) is 4.78. The van der Waals surface area contributed by atoms with Crippen LogP contribution in [0.4, 0.5) is 0 Å². The molecule has 2 heterocycles. The fourth-order valence-electron chi connectivity index (χ4n) is 4.78. The van der Waals surface area contributed by atoms with E-state index in [1.807, 2.05) is 77.9 Å². The average Bonchev–Trinajstić information content (AvgIpc) is 3.52. The van der Waals surface area contributed by atoms with E-state index in [4.69, 9.17) is 33.2 Å². The Morgan fingerprint density at radius 1 is 0.725 bits per heavy atom. The van der Waals surface area contributed by atoms with E-state index in [1.54, 1.807) is 14.2 Å². The summed E-state index contributed by atoms with van der Waals surface area (Å²) < 4.78 is 40.6. The van der Waals surface area contributed by atoms with E-state index < -0.39 is 23.0 Å². The predicted octanol–water partition coefficient (Wildman–Crippen LogP) is 5.66. The number of hydrogen-bond acceptors (Lipinski definition) is 9. The Morgan fingerprint density at radius 3 is 1.75 bits per heavy atom. The minimum absolute atomic E-state index is 0.0773. The third-order valence-corrected chi connectivity index (χ3v) is 7.12. The summed E-state index contributed by atoms with van der Waals surface area (Å²) >= 11 is 0. The summed E-state index contributed by atoms with van der Waals surface area (Å²) in [5.74, 6) is 1.10. The molecule has 218 valence electrons. The third kappa shape index (κ3) is 6.30. The first-order chi connectivity index (χ1) is 18.8. The molecule has 4 atom stereocenters. The molecule has 40 heavy (non-hydrogen) atoms. The van der Waals surface area contributed by atoms with Crippen molar-refractivity contribution in [3.63, 3.8) is 0 Å². The highest BCUT2D eigenvalue weighted by Gasteiger charge is 2.48. The summed E-state index contributed by atoms with van der Waals surface area (Å²) in [6, 6.07) is 11.2. The second-order valence-corrected chi connectivity index (χ2v) is 12.2. The molecule has 0 aliphatic carbocycles. The number of fused-ring (bicyclic) bond motifs is 1. The highest BCUT2D eigenvalue weighted by atomic mass is 16.7. The second kappa shape index (κ2) is 11.6. The molecule has 0 bridgehead atoms. The van der Waals surface area contributed by atoms with Crippen LogP contribution in [-0.2, 0) is 23.8 Å². The Morgan fingerprint density at radius 2 is 1.23 bits per heavy atom. The molecule has 4 rings (SSSR count). The van der Waals surface area contributed by atoms with Crippen molar-refractivity contribution in [3.05, 3.63) is 47.5 Å². The molecule has 2 aromatic rings. The minimum Gasteiger partial charge on any atom is -0.493 e. The largest absolute Gasteiger partial charge is 0.493 e. The van der Waals surface area contributed by atoms with Crippen LogP contribution in [0, 0.1) is 22.7 Å². The first-order valence-electron chi connectivity index (χ1n) is 13.4. The molecule has 1 saturated heterocycles. The number of benzene rings is 2. The number of rotatable bonds is 8. The lowest BCUT2D eigenvalue weighted by Gasteiger charge is -2.27. The van der Waals surface area contributed by atoms with Gasteiger partial charge in [-0.2, -0.15) is 0 Å². The summed E-state index contributed by atoms with van der Waals surface area (Å²) in [7, 11) is 3.15. The lowest BCUT2D eigenvalue weighted by molar-refractivity contribution is -0.158. The molecule has 2 aliphatic rings. The molecule has 0 N–H and O–H groups in total. The maximum Gasteiger partial charge on any atom is 0.311 e. The smallest absolute Gasteiger partial charge is 0.311 e. The first kappa shape index (κ1) is 29.5. The number of ether oxygens (including phenoxy) is 7. The van der Waals surface area contributed by atoms with Crippen LogP contribution in [0.15, 0.2) is 36.4 Å². The summed E-state index contributed by atoms with van der Waals surface area (Å²) in [6.45, 7) is 11.2. The van der Waals surface area contributed by atoms with Gasteiger partial charge in [-0.1, -0.05) is 12.1 Å². The van der Waals surface area contributed by atoms with Crippen molar-refractivity contribution in [2.75, 3.05) is 34.2 Å². The van der Waals surface area contributed by atoms with Crippen LogP contribution in [0.5, 0.6) is 23.0 Å². The molecule has 9 nitrogen and oxygen atoms in total. The lowest BCUT2D eigenvalue weighted by Crippen LogP contribution is -2.32. The van der Waals surface area contributed by atoms with Gasteiger partial charge < -0.3 is 33.2 Å². The van der Waals surface area contributed by atoms with Gasteiger partial charge in [0.15, 0.2) is 23.0 Å². The standard InChI is InChI=1S/C31H40O9/c1-30(2,3)28(32)36-15-20-21(16-37-29(33)31(4,5)6)27(19-10-12-23-25(14-19)39-17-38-23)40-26(20)18-9-11-22(34-7)24(13-18)35-8/h9-14,20-21,26-27H,15-17H2,1-8H3/t20-,21+,26+,27+/m1/s1. The molecule has 0 amide bonds. The van der Waals surface area contributed by atoms with Crippen LogP contribution in [0.2, 0.25) is 0 Å². The van der Waals surface area contributed by atoms with Crippen LogP contribution in [0.25, 0.3) is 0 Å². The Labute approximate surface area is 236 Å². The van der Waals surface area contributed by atoms with Gasteiger partial charge in [0.2, 0.25) is 6.79 Å². The minimum atomic E-state index is -0.677. The van der Waals surface area contributed by atoms with Crippen LogP contribution in [0.1, 0.15) is 64.9 Å². The molecule has 0 saturated carbocycles. The molecular formula is C31H40O9. The molecule has 0 unspecified atom stereocenters. The number of carbonyl (C=O) groups is 2. The van der Waals surface area contributed by atoms with E-state index in [0.717, 1.165) is 11.1 Å². The zero-order valence-electron chi connectivity index (χ0n) is 24.6. The summed E-state index contributed by atoms with van der Waals surface area (Å²) in [4.78, 5) is 25.6. The highest BCUT2D eigenvalue weighted by Crippen LogP contribution is 2.52. The van der Waals surface area contributed by atoms with Gasteiger partial charge in [0.25, 0.3) is 0 Å². The molecule has 0 spiro atoms. The van der Waals surface area contributed by atoms with Crippen molar-refractivity contribution < 1.29 is 42.7 Å². The predicted molar refractivity (Wildman–Crippen MR) is 146 cm³/mol. The van der Waals surface area contributed by atoms with E-state index in [2.05, 4.69) is 0 Å². The Hall–Kier alpha value is -3.46. The van der Waals surface area contributed by atoms with E-state index in [9.17, 15) is 9.59 Å². The van der Waals surface area contributed by atoms with Crippen molar-refractivity contribution >= 4 is 11.9 Å².